The summed E-state index contributed by atoms with van der Waals surface area (Å²) in [6, 6.07) is 6.40. The highest BCUT2D eigenvalue weighted by atomic mass is 19.1. The Labute approximate surface area is 128 Å². The van der Waals surface area contributed by atoms with Gasteiger partial charge in [0.25, 0.3) is 0 Å². The molecule has 0 heterocycles. The van der Waals surface area contributed by atoms with Crippen molar-refractivity contribution in [2.24, 2.45) is 5.92 Å². The molecule has 0 aliphatic heterocycles. The lowest BCUT2D eigenvalue weighted by Crippen LogP contribution is -2.35. The summed E-state index contributed by atoms with van der Waals surface area (Å²) in [6.45, 7) is 8.62. The third kappa shape index (κ3) is 4.79. The highest BCUT2D eigenvalue weighted by Gasteiger charge is 2.25. The maximum absolute atomic E-state index is 13.7. The van der Waals surface area contributed by atoms with E-state index >= 15 is 0 Å². The van der Waals surface area contributed by atoms with Gasteiger partial charge in [-0.2, -0.15) is 0 Å². The van der Waals surface area contributed by atoms with E-state index < -0.39 is 0 Å². The quantitative estimate of drug-likeness (QED) is 0.781. The molecule has 0 amide bonds. The molecule has 0 spiro atoms. The van der Waals surface area contributed by atoms with Crippen LogP contribution in [-0.2, 0) is 0 Å². The highest BCUT2D eigenvalue weighted by Crippen LogP contribution is 2.30. The lowest BCUT2D eigenvalue weighted by molar-refractivity contribution is 0.202. The van der Waals surface area contributed by atoms with Crippen LogP contribution in [0.4, 0.5) is 4.39 Å². The molecule has 2 nitrogen and oxygen atoms in total. The first-order chi connectivity index (χ1) is 10.0. The molecule has 21 heavy (non-hydrogen) atoms. The number of hydrogen-bond donors (Lipinski definition) is 1. The van der Waals surface area contributed by atoms with Gasteiger partial charge in [0.2, 0.25) is 0 Å². The summed E-state index contributed by atoms with van der Waals surface area (Å²) in [4.78, 5) is 2.56. The molecule has 1 atom stereocenters. The fourth-order valence-corrected chi connectivity index (χ4v) is 2.79. The van der Waals surface area contributed by atoms with Crippen molar-refractivity contribution in [1.82, 2.24) is 10.2 Å². The molecule has 1 aromatic carbocycles. The van der Waals surface area contributed by atoms with Crippen LogP contribution in [0.3, 0.4) is 0 Å². The Balaban J connectivity index is 1.95. The van der Waals surface area contributed by atoms with E-state index in [0.717, 1.165) is 24.4 Å². The first kappa shape index (κ1) is 16.4. The maximum Gasteiger partial charge on any atom is 0.126 e. The normalized spacial score (nSPS) is 16.7. The molecule has 118 valence electrons. The molecular formula is C18H29FN2. The largest absolute Gasteiger partial charge is 0.313 e. The maximum atomic E-state index is 13.7. The minimum atomic E-state index is -0.105. The number of halogens is 1. The molecular weight excluding hydrogens is 263 g/mol. The van der Waals surface area contributed by atoms with Crippen LogP contribution in [0.5, 0.6) is 0 Å². The minimum Gasteiger partial charge on any atom is -0.313 e. The fourth-order valence-electron chi connectivity index (χ4n) is 2.79. The Bertz CT molecular complexity index is 455. The van der Waals surface area contributed by atoms with E-state index in [4.69, 9.17) is 0 Å². The van der Waals surface area contributed by atoms with Gasteiger partial charge in [0.1, 0.15) is 5.82 Å². The first-order valence-electron chi connectivity index (χ1n) is 8.18. The van der Waals surface area contributed by atoms with Crippen molar-refractivity contribution in [1.29, 1.82) is 0 Å². The number of rotatable bonds is 8. The lowest BCUT2D eigenvalue weighted by atomic mass is 10.0. The van der Waals surface area contributed by atoms with E-state index in [9.17, 15) is 4.39 Å². The van der Waals surface area contributed by atoms with Gasteiger partial charge in [-0.15, -0.1) is 0 Å². The molecule has 0 radical (unpaired) electrons. The second-order valence-electron chi connectivity index (χ2n) is 6.67. The second kappa shape index (κ2) is 7.37. The van der Waals surface area contributed by atoms with Crippen LogP contribution in [0.15, 0.2) is 18.2 Å². The smallest absolute Gasteiger partial charge is 0.126 e. The van der Waals surface area contributed by atoms with Gasteiger partial charge in [-0.05, 0) is 70.2 Å². The van der Waals surface area contributed by atoms with Crippen molar-refractivity contribution in [3.63, 3.8) is 0 Å². The van der Waals surface area contributed by atoms with Crippen molar-refractivity contribution in [2.75, 3.05) is 20.1 Å². The summed E-state index contributed by atoms with van der Waals surface area (Å²) in [7, 11) is 1.96. The third-order valence-corrected chi connectivity index (χ3v) is 4.57. The van der Waals surface area contributed by atoms with E-state index in [1.807, 2.05) is 26.1 Å². The standard InChI is InChI=1S/C18H29FN2/c1-13(2)21(12-15-6-7-15)10-9-18(20-4)16-8-5-14(3)17(19)11-16/h5,8,11,13,15,18,20H,6-7,9-10,12H2,1-4H3. The summed E-state index contributed by atoms with van der Waals surface area (Å²) in [5, 5.41) is 3.33. The molecule has 1 saturated carbocycles. The zero-order valence-electron chi connectivity index (χ0n) is 13.8. The number of aryl methyl sites for hydroxylation is 1. The van der Waals surface area contributed by atoms with Gasteiger partial charge in [0.05, 0.1) is 0 Å². The van der Waals surface area contributed by atoms with E-state index in [1.165, 1.54) is 19.4 Å². The molecule has 2 rings (SSSR count). The number of hydrogen-bond acceptors (Lipinski definition) is 2. The van der Waals surface area contributed by atoms with Gasteiger partial charge in [0.15, 0.2) is 0 Å². The molecule has 1 unspecified atom stereocenters. The summed E-state index contributed by atoms with van der Waals surface area (Å²) < 4.78 is 13.7. The van der Waals surface area contributed by atoms with Crippen LogP contribution in [0, 0.1) is 18.7 Å². The molecule has 1 fully saturated rings. The van der Waals surface area contributed by atoms with Crippen LogP contribution in [-0.4, -0.2) is 31.1 Å². The average molecular weight is 292 g/mol. The average Bonchev–Trinajstić information content (AvgIpc) is 3.25. The van der Waals surface area contributed by atoms with Crippen LogP contribution in [0.1, 0.15) is 50.3 Å². The molecule has 0 bridgehead atoms. The van der Waals surface area contributed by atoms with Crippen molar-refractivity contribution in [2.45, 2.75) is 52.1 Å². The number of nitrogens with zero attached hydrogens (tertiary/aromatic N) is 1. The topological polar surface area (TPSA) is 15.3 Å². The summed E-state index contributed by atoms with van der Waals surface area (Å²) in [6.07, 6.45) is 3.80. The Morgan fingerprint density at radius 1 is 1.33 bits per heavy atom. The van der Waals surface area contributed by atoms with Crippen LogP contribution >= 0.6 is 0 Å². The predicted octanol–water partition coefficient (Wildman–Crippen LogP) is 3.91. The Morgan fingerprint density at radius 3 is 2.57 bits per heavy atom. The SMILES string of the molecule is CNC(CCN(CC1CC1)C(C)C)c1ccc(C)c(F)c1. The molecule has 1 aromatic rings. The van der Waals surface area contributed by atoms with Crippen molar-refractivity contribution < 1.29 is 4.39 Å². The van der Waals surface area contributed by atoms with Crippen LogP contribution in [0.2, 0.25) is 0 Å². The molecule has 1 N–H and O–H groups in total. The fraction of sp³-hybridized carbons (Fsp3) is 0.667. The van der Waals surface area contributed by atoms with E-state index in [2.05, 4.69) is 24.1 Å². The summed E-state index contributed by atoms with van der Waals surface area (Å²) in [5.41, 5.74) is 1.77. The van der Waals surface area contributed by atoms with Gasteiger partial charge in [-0.3, -0.25) is 0 Å². The molecule has 1 aliphatic carbocycles. The van der Waals surface area contributed by atoms with Crippen LogP contribution < -0.4 is 5.32 Å². The van der Waals surface area contributed by atoms with Crippen molar-refractivity contribution in [3.05, 3.63) is 35.1 Å². The van der Waals surface area contributed by atoms with Gasteiger partial charge >= 0.3 is 0 Å². The number of benzene rings is 1. The van der Waals surface area contributed by atoms with Crippen molar-refractivity contribution >= 4 is 0 Å². The van der Waals surface area contributed by atoms with E-state index in [1.54, 1.807) is 6.07 Å². The van der Waals surface area contributed by atoms with Gasteiger partial charge in [-0.1, -0.05) is 12.1 Å². The summed E-state index contributed by atoms with van der Waals surface area (Å²) in [5.74, 6) is 0.809. The van der Waals surface area contributed by atoms with E-state index in [-0.39, 0.29) is 11.9 Å². The van der Waals surface area contributed by atoms with Gasteiger partial charge in [0, 0.05) is 25.2 Å². The molecule has 0 aromatic heterocycles. The van der Waals surface area contributed by atoms with Crippen molar-refractivity contribution in [3.8, 4) is 0 Å². The zero-order chi connectivity index (χ0) is 15.4. The first-order valence-corrected chi connectivity index (χ1v) is 8.18. The predicted molar refractivity (Wildman–Crippen MR) is 87.0 cm³/mol. The zero-order valence-corrected chi connectivity index (χ0v) is 13.8. The molecule has 1 aliphatic rings. The Morgan fingerprint density at radius 2 is 2.05 bits per heavy atom. The highest BCUT2D eigenvalue weighted by molar-refractivity contribution is 5.25. The minimum absolute atomic E-state index is 0.105. The van der Waals surface area contributed by atoms with Gasteiger partial charge in [-0.25, -0.2) is 4.39 Å². The van der Waals surface area contributed by atoms with E-state index in [0.29, 0.717) is 11.6 Å². The summed E-state index contributed by atoms with van der Waals surface area (Å²) >= 11 is 0. The second-order valence-corrected chi connectivity index (χ2v) is 6.67. The number of nitrogens with one attached hydrogen (secondary N) is 1. The van der Waals surface area contributed by atoms with Gasteiger partial charge < -0.3 is 10.2 Å². The lowest BCUT2D eigenvalue weighted by Gasteiger charge is -2.28. The third-order valence-electron chi connectivity index (χ3n) is 4.57. The molecule has 0 saturated heterocycles. The molecule has 3 heteroatoms. The van der Waals surface area contributed by atoms with Crippen LogP contribution in [0.25, 0.3) is 0 Å². The monoisotopic (exact) mass is 292 g/mol. The Kier molecular flexibility index (Phi) is 5.77. The Hall–Kier alpha value is -0.930.